The quantitative estimate of drug-likeness (QED) is 0.132. The van der Waals surface area contributed by atoms with Gasteiger partial charge in [-0.05, 0) is 80.1 Å². The van der Waals surface area contributed by atoms with Crippen molar-refractivity contribution in [2.75, 3.05) is 26.2 Å². The van der Waals surface area contributed by atoms with Crippen LogP contribution in [0.5, 0.6) is 0 Å². The van der Waals surface area contributed by atoms with Crippen LogP contribution in [0.3, 0.4) is 0 Å². The van der Waals surface area contributed by atoms with Gasteiger partial charge in [-0.1, -0.05) is 6.58 Å². The Labute approximate surface area is 250 Å². The Bertz CT molecular complexity index is 899. The average Bonchev–Trinajstić information content (AvgIpc) is 2.76. The largest absolute Gasteiger partial charge is 0.444 e. The summed E-state index contributed by atoms with van der Waals surface area (Å²) < 4.78 is 19.6. The van der Waals surface area contributed by atoms with E-state index in [0.717, 1.165) is 32.2 Å². The Morgan fingerprint density at radius 3 is 1.71 bits per heavy atom. The second-order valence-corrected chi connectivity index (χ2v) is 12.4. The van der Waals surface area contributed by atoms with Crippen LogP contribution in [-0.4, -0.2) is 76.8 Å². The van der Waals surface area contributed by atoms with Crippen molar-refractivity contribution in [2.45, 2.75) is 105 Å². The lowest BCUT2D eigenvalue weighted by molar-refractivity contribution is -0.140. The van der Waals surface area contributed by atoms with Crippen LogP contribution in [0.1, 0.15) is 87.5 Å². The molecular weight excluding hydrogens is 554 g/mol. The molecule has 0 aromatic heterocycles. The fraction of sp³-hybridized carbons (Fsp3) is 0.724. The molecule has 11 nitrogen and oxygen atoms in total. The Morgan fingerprint density at radius 2 is 1.34 bits per heavy atom. The molecule has 0 spiro atoms. The molecule has 2 aliphatic rings. The molecule has 0 aromatic rings. The number of piperidine rings is 2. The second kappa shape index (κ2) is 17.8. The van der Waals surface area contributed by atoms with Crippen molar-refractivity contribution in [1.82, 2.24) is 9.80 Å². The fourth-order valence-corrected chi connectivity index (χ4v) is 3.95. The molecule has 0 saturated carbocycles. The highest BCUT2D eigenvalue weighted by molar-refractivity contribution is 6.61. The summed E-state index contributed by atoms with van der Waals surface area (Å²) in [6.07, 6.45) is 3.53. The van der Waals surface area contributed by atoms with Gasteiger partial charge in [0.1, 0.15) is 11.2 Å². The predicted molar refractivity (Wildman–Crippen MR) is 157 cm³/mol. The van der Waals surface area contributed by atoms with Gasteiger partial charge < -0.3 is 34.5 Å². The molecule has 0 radical (unpaired) electrons. The molecule has 0 bridgehead atoms. The molecule has 0 aromatic carbocycles. The first-order valence-electron chi connectivity index (χ1n) is 13.7. The topological polar surface area (TPSA) is 138 Å². The lowest BCUT2D eigenvalue weighted by atomic mass is 9.95. The predicted octanol–water partition coefficient (Wildman–Crippen LogP) is 6.14. The van der Waals surface area contributed by atoms with Crippen LogP contribution in [0.25, 0.3) is 0 Å². The van der Waals surface area contributed by atoms with Crippen LogP contribution < -0.4 is 5.73 Å². The van der Waals surface area contributed by atoms with E-state index in [1.807, 2.05) is 41.5 Å². The molecular formula is C29H49ClN3O8+. The third-order valence-corrected chi connectivity index (χ3v) is 5.34. The molecule has 0 unspecified atom stereocenters. The summed E-state index contributed by atoms with van der Waals surface area (Å²) in [6.45, 7) is 25.3. The summed E-state index contributed by atoms with van der Waals surface area (Å²) in [6, 6.07) is 0.108. The van der Waals surface area contributed by atoms with E-state index in [1.165, 1.54) is 6.92 Å². The molecule has 2 atom stereocenters. The zero-order chi connectivity index (χ0) is 32.0. The Kier molecular flexibility index (Phi) is 16.6. The van der Waals surface area contributed by atoms with Gasteiger partial charge in [0.2, 0.25) is 0 Å². The fourth-order valence-electron chi connectivity index (χ4n) is 3.82. The number of carbonyl (C=O) groups excluding carboxylic acids is 4. The van der Waals surface area contributed by atoms with E-state index in [2.05, 4.69) is 11.3 Å². The smallest absolute Gasteiger partial charge is 0.412 e. The number of halogens is 1. The number of likely N-dealkylation sites (tertiary alicyclic amines) is 2. The molecule has 234 valence electrons. The van der Waals surface area contributed by atoms with E-state index >= 15 is 0 Å². The molecule has 2 heterocycles. The van der Waals surface area contributed by atoms with E-state index in [4.69, 9.17) is 38.1 Å². The molecule has 41 heavy (non-hydrogen) atoms. The number of hydrogen-bond acceptors (Lipinski definition) is 9. The van der Waals surface area contributed by atoms with Crippen molar-refractivity contribution in [1.29, 1.82) is 0 Å². The monoisotopic (exact) mass is 602 g/mol. The SMILES string of the molecule is C=C(C)OC(=O)C[C@@H]1CCCN(C(=O)OC(C)(C)C)C1.CC(C)(C)OC(=O)N1CCC[C@@H](N)C1.[CH+]=C(C)OC(=O)Cl. The first-order chi connectivity index (χ1) is 18.7. The van der Waals surface area contributed by atoms with Gasteiger partial charge in [-0.2, -0.15) is 0 Å². The molecule has 2 saturated heterocycles. The van der Waals surface area contributed by atoms with Crippen LogP contribution in [0.4, 0.5) is 14.4 Å². The summed E-state index contributed by atoms with van der Waals surface area (Å²) in [5.41, 5.74) is 3.96. The highest BCUT2D eigenvalue weighted by Gasteiger charge is 2.29. The van der Waals surface area contributed by atoms with Crippen LogP contribution in [-0.2, 0) is 23.7 Å². The summed E-state index contributed by atoms with van der Waals surface area (Å²) in [7, 11) is 0. The van der Waals surface area contributed by atoms with Gasteiger partial charge in [-0.25, -0.2) is 14.4 Å². The van der Waals surface area contributed by atoms with Gasteiger partial charge in [0, 0.05) is 50.7 Å². The van der Waals surface area contributed by atoms with Gasteiger partial charge in [0.05, 0.1) is 12.2 Å². The van der Waals surface area contributed by atoms with Crippen molar-refractivity contribution in [3.8, 4) is 0 Å². The molecule has 2 aliphatic heterocycles. The summed E-state index contributed by atoms with van der Waals surface area (Å²) in [5, 5.41) is 0. The first-order valence-corrected chi connectivity index (χ1v) is 14.1. The molecule has 2 fully saturated rings. The maximum absolute atomic E-state index is 12.0. The van der Waals surface area contributed by atoms with E-state index in [1.54, 1.807) is 16.7 Å². The van der Waals surface area contributed by atoms with Gasteiger partial charge in [-0.15, -0.1) is 0 Å². The second-order valence-electron chi connectivity index (χ2n) is 12.1. The summed E-state index contributed by atoms with van der Waals surface area (Å²) in [5.74, 6) is 0.298. The van der Waals surface area contributed by atoms with E-state index in [9.17, 15) is 19.2 Å². The number of amides is 2. The van der Waals surface area contributed by atoms with E-state index in [-0.39, 0.29) is 35.9 Å². The van der Waals surface area contributed by atoms with E-state index < -0.39 is 16.6 Å². The third kappa shape index (κ3) is 20.6. The van der Waals surface area contributed by atoms with Crippen molar-refractivity contribution < 1.29 is 38.1 Å². The maximum Gasteiger partial charge on any atom is 0.412 e. The number of ether oxygens (including phenoxy) is 4. The highest BCUT2D eigenvalue weighted by atomic mass is 35.5. The molecule has 12 heteroatoms. The Hall–Kier alpha value is -2.88. The number of carbonyl (C=O) groups is 4. The zero-order valence-electron chi connectivity index (χ0n) is 25.9. The molecule has 2 amide bonds. The Morgan fingerprint density at radius 1 is 0.878 bits per heavy atom. The maximum atomic E-state index is 12.0. The zero-order valence-corrected chi connectivity index (χ0v) is 26.7. The van der Waals surface area contributed by atoms with Crippen LogP contribution in [0, 0.1) is 12.5 Å². The van der Waals surface area contributed by atoms with Crippen LogP contribution in [0.2, 0.25) is 0 Å². The number of hydrogen-bond donors (Lipinski definition) is 1. The van der Waals surface area contributed by atoms with Gasteiger partial charge >= 0.3 is 29.3 Å². The first kappa shape index (κ1) is 38.1. The van der Waals surface area contributed by atoms with Crippen molar-refractivity contribution in [2.24, 2.45) is 11.7 Å². The number of rotatable bonds is 4. The normalized spacial score (nSPS) is 18.8. The van der Waals surface area contributed by atoms with Crippen molar-refractivity contribution in [3.63, 3.8) is 0 Å². The van der Waals surface area contributed by atoms with Crippen LogP contribution >= 0.6 is 11.6 Å². The molecule has 2 rings (SSSR count). The van der Waals surface area contributed by atoms with Gasteiger partial charge in [-0.3, -0.25) is 4.79 Å². The number of nitrogens with zero attached hydrogens (tertiary/aromatic N) is 2. The lowest BCUT2D eigenvalue weighted by Crippen LogP contribution is -2.47. The van der Waals surface area contributed by atoms with Crippen LogP contribution in [0.15, 0.2) is 18.1 Å². The minimum absolute atomic E-state index is 0.0556. The molecule has 0 aliphatic carbocycles. The number of nitrogens with two attached hydrogens (primary N) is 1. The van der Waals surface area contributed by atoms with Gasteiger partial charge in [0.25, 0.3) is 6.58 Å². The third-order valence-electron chi connectivity index (χ3n) is 5.26. The van der Waals surface area contributed by atoms with Crippen molar-refractivity contribution in [3.05, 3.63) is 24.7 Å². The average molecular weight is 603 g/mol. The standard InChI is InChI=1S/C15H25NO4.C10H20N2O2.C4H4ClO2/c1-11(2)19-13(17)9-12-7-6-8-16(10-12)14(18)20-15(3,4)5;1-10(2,3)14-9(13)12-6-4-5-8(11)7-12;1-3(2)7-4(5)6/h12H,1,6-10H2,2-5H3;8H,4-7,11H2,1-3H3;1H,2H3/q;;+1/t12-;8-;/m01./s1. The highest BCUT2D eigenvalue weighted by Crippen LogP contribution is 2.22. The Balaban J connectivity index is 0.000000659. The minimum atomic E-state index is -0.903. The number of allylic oxidation sites excluding steroid dienone is 2. The lowest BCUT2D eigenvalue weighted by Gasteiger charge is -2.33. The summed E-state index contributed by atoms with van der Waals surface area (Å²) >= 11 is 4.71. The number of esters is 1. The van der Waals surface area contributed by atoms with Crippen molar-refractivity contribution >= 4 is 35.2 Å². The minimum Gasteiger partial charge on any atom is -0.444 e. The van der Waals surface area contributed by atoms with E-state index in [0.29, 0.717) is 31.8 Å². The summed E-state index contributed by atoms with van der Waals surface area (Å²) in [4.78, 5) is 48.3. The van der Waals surface area contributed by atoms with Gasteiger partial charge in [0.15, 0.2) is 0 Å². The molecule has 2 N–H and O–H groups in total.